The molecule has 112 valence electrons. The van der Waals surface area contributed by atoms with Crippen LogP contribution in [0.5, 0.6) is 0 Å². The summed E-state index contributed by atoms with van der Waals surface area (Å²) in [5.41, 5.74) is 2.24. The van der Waals surface area contributed by atoms with Crippen LogP contribution < -0.4 is 4.90 Å². The first-order chi connectivity index (χ1) is 9.83. The highest BCUT2D eigenvalue weighted by Gasteiger charge is 2.20. The summed E-state index contributed by atoms with van der Waals surface area (Å²) in [4.78, 5) is 2.37. The third-order valence-electron chi connectivity index (χ3n) is 3.69. The van der Waals surface area contributed by atoms with E-state index in [1.807, 2.05) is 18.2 Å². The van der Waals surface area contributed by atoms with Crippen LogP contribution in [0, 0.1) is 0 Å². The van der Waals surface area contributed by atoms with Crippen molar-refractivity contribution in [3.8, 4) is 0 Å². The molecule has 0 bridgehead atoms. The molecule has 1 aromatic carbocycles. The number of benzene rings is 1. The Kier molecular flexibility index (Phi) is 6.30. The van der Waals surface area contributed by atoms with Gasteiger partial charge < -0.3 is 19.5 Å². The highest BCUT2D eigenvalue weighted by atomic mass is 16.5. The molecular weight excluding hydrogens is 254 g/mol. The van der Waals surface area contributed by atoms with E-state index in [2.05, 4.69) is 11.0 Å². The lowest BCUT2D eigenvalue weighted by atomic mass is 10.0. The Balaban J connectivity index is 1.86. The van der Waals surface area contributed by atoms with Gasteiger partial charge in [0.2, 0.25) is 0 Å². The summed E-state index contributed by atoms with van der Waals surface area (Å²) < 4.78 is 10.5. The van der Waals surface area contributed by atoms with Crippen LogP contribution in [0.3, 0.4) is 0 Å². The molecule has 1 N–H and O–H groups in total. The molecule has 20 heavy (non-hydrogen) atoms. The minimum Gasteiger partial charge on any atom is -0.388 e. The van der Waals surface area contributed by atoms with Gasteiger partial charge in [-0.2, -0.15) is 0 Å². The Bertz CT molecular complexity index is 397. The van der Waals surface area contributed by atoms with Crippen LogP contribution in [0.1, 0.15) is 30.9 Å². The standard InChI is InChI=1S/C16H25NO3/c1-19-12-13-20-11-5-10-17-9-4-8-16(18)14-6-2-3-7-15(14)17/h2-3,6-7,16,18H,4-5,8-13H2,1H3. The minimum absolute atomic E-state index is 0.325. The molecule has 1 heterocycles. The number of hydrogen-bond donors (Lipinski definition) is 1. The third-order valence-corrected chi connectivity index (χ3v) is 3.69. The van der Waals surface area contributed by atoms with Crippen molar-refractivity contribution in [3.63, 3.8) is 0 Å². The normalized spacial score (nSPS) is 18.7. The highest BCUT2D eigenvalue weighted by Crippen LogP contribution is 2.32. The highest BCUT2D eigenvalue weighted by molar-refractivity contribution is 5.55. The Morgan fingerprint density at radius 1 is 1.25 bits per heavy atom. The maximum Gasteiger partial charge on any atom is 0.0810 e. The second-order valence-electron chi connectivity index (χ2n) is 5.16. The number of para-hydroxylation sites is 1. The van der Waals surface area contributed by atoms with Crippen LogP contribution in [0.15, 0.2) is 24.3 Å². The second-order valence-corrected chi connectivity index (χ2v) is 5.16. The number of hydrogen-bond acceptors (Lipinski definition) is 4. The zero-order valence-corrected chi connectivity index (χ0v) is 12.3. The molecule has 1 aliphatic heterocycles. The van der Waals surface area contributed by atoms with Crippen molar-refractivity contribution in [2.24, 2.45) is 0 Å². The van der Waals surface area contributed by atoms with Gasteiger partial charge in [-0.1, -0.05) is 18.2 Å². The summed E-state index contributed by atoms with van der Waals surface area (Å²) in [5, 5.41) is 10.2. The summed E-state index contributed by atoms with van der Waals surface area (Å²) in [6, 6.07) is 8.18. The zero-order chi connectivity index (χ0) is 14.2. The maximum atomic E-state index is 10.2. The molecule has 4 heteroatoms. The van der Waals surface area contributed by atoms with Gasteiger partial charge >= 0.3 is 0 Å². The van der Waals surface area contributed by atoms with Gasteiger partial charge in [0.1, 0.15) is 0 Å². The van der Waals surface area contributed by atoms with Crippen molar-refractivity contribution in [2.75, 3.05) is 44.9 Å². The van der Waals surface area contributed by atoms with Crippen molar-refractivity contribution in [1.82, 2.24) is 0 Å². The number of nitrogens with zero attached hydrogens (tertiary/aromatic N) is 1. The van der Waals surface area contributed by atoms with Crippen molar-refractivity contribution < 1.29 is 14.6 Å². The van der Waals surface area contributed by atoms with E-state index in [9.17, 15) is 5.11 Å². The number of aliphatic hydroxyl groups excluding tert-OH is 1. The Morgan fingerprint density at radius 2 is 2.10 bits per heavy atom. The first-order valence-corrected chi connectivity index (χ1v) is 7.41. The zero-order valence-electron chi connectivity index (χ0n) is 12.3. The van der Waals surface area contributed by atoms with Crippen LogP contribution in [0.2, 0.25) is 0 Å². The first kappa shape index (κ1) is 15.3. The fraction of sp³-hybridized carbons (Fsp3) is 0.625. The second kappa shape index (κ2) is 8.25. The maximum absolute atomic E-state index is 10.2. The van der Waals surface area contributed by atoms with Gasteiger partial charge in [-0.3, -0.25) is 0 Å². The number of ether oxygens (including phenoxy) is 2. The molecule has 0 amide bonds. The van der Waals surface area contributed by atoms with Crippen LogP contribution in [0.4, 0.5) is 5.69 Å². The minimum atomic E-state index is -0.325. The molecule has 1 aliphatic rings. The molecule has 1 atom stereocenters. The summed E-state index contributed by atoms with van der Waals surface area (Å²) in [6.45, 7) is 4.04. The predicted molar refractivity (Wildman–Crippen MR) is 80.2 cm³/mol. The molecule has 1 aromatic rings. The van der Waals surface area contributed by atoms with Gasteiger partial charge in [-0.05, 0) is 25.3 Å². The number of aliphatic hydroxyl groups is 1. The number of methoxy groups -OCH3 is 1. The van der Waals surface area contributed by atoms with Gasteiger partial charge in [0, 0.05) is 38.1 Å². The molecule has 0 spiro atoms. The molecular formula is C16H25NO3. The SMILES string of the molecule is COCCOCCCN1CCCC(O)c2ccccc21. The monoisotopic (exact) mass is 279 g/mol. The van der Waals surface area contributed by atoms with Gasteiger partial charge in [0.15, 0.2) is 0 Å². The summed E-state index contributed by atoms with van der Waals surface area (Å²) in [6.07, 6.45) is 2.54. The lowest BCUT2D eigenvalue weighted by Crippen LogP contribution is -2.26. The van der Waals surface area contributed by atoms with Gasteiger partial charge in [0.25, 0.3) is 0 Å². The molecule has 0 saturated heterocycles. The topological polar surface area (TPSA) is 41.9 Å². The van der Waals surface area contributed by atoms with Gasteiger partial charge in [-0.15, -0.1) is 0 Å². The summed E-state index contributed by atoms with van der Waals surface area (Å²) in [7, 11) is 1.68. The molecule has 0 aliphatic carbocycles. The van der Waals surface area contributed by atoms with Crippen LogP contribution in [-0.4, -0.2) is 45.1 Å². The van der Waals surface area contributed by atoms with Crippen molar-refractivity contribution in [3.05, 3.63) is 29.8 Å². The van der Waals surface area contributed by atoms with Crippen molar-refractivity contribution in [1.29, 1.82) is 0 Å². The van der Waals surface area contributed by atoms with E-state index in [0.29, 0.717) is 13.2 Å². The van der Waals surface area contributed by atoms with E-state index >= 15 is 0 Å². The number of rotatable bonds is 7. The number of anilines is 1. The fourth-order valence-corrected chi connectivity index (χ4v) is 2.64. The van der Waals surface area contributed by atoms with Gasteiger partial charge in [-0.25, -0.2) is 0 Å². The van der Waals surface area contributed by atoms with Crippen LogP contribution in [0.25, 0.3) is 0 Å². The van der Waals surface area contributed by atoms with E-state index in [4.69, 9.17) is 9.47 Å². The molecule has 0 saturated carbocycles. The Labute approximate surface area is 121 Å². The van der Waals surface area contributed by atoms with E-state index in [1.54, 1.807) is 7.11 Å². The summed E-state index contributed by atoms with van der Waals surface area (Å²) in [5.74, 6) is 0. The average Bonchev–Trinajstić information content (AvgIpc) is 2.63. The van der Waals surface area contributed by atoms with E-state index < -0.39 is 0 Å². The molecule has 1 unspecified atom stereocenters. The molecule has 2 rings (SSSR count). The van der Waals surface area contributed by atoms with Crippen LogP contribution in [-0.2, 0) is 9.47 Å². The third kappa shape index (κ3) is 4.20. The van der Waals surface area contributed by atoms with Crippen molar-refractivity contribution >= 4 is 5.69 Å². The smallest absolute Gasteiger partial charge is 0.0810 e. The number of fused-ring (bicyclic) bond motifs is 1. The molecule has 4 nitrogen and oxygen atoms in total. The summed E-state index contributed by atoms with van der Waals surface area (Å²) >= 11 is 0. The largest absolute Gasteiger partial charge is 0.388 e. The first-order valence-electron chi connectivity index (χ1n) is 7.41. The van der Waals surface area contributed by atoms with Crippen molar-refractivity contribution in [2.45, 2.75) is 25.4 Å². The average molecular weight is 279 g/mol. The van der Waals surface area contributed by atoms with Crippen LogP contribution >= 0.6 is 0 Å². The van der Waals surface area contributed by atoms with E-state index in [0.717, 1.165) is 44.5 Å². The fourth-order valence-electron chi connectivity index (χ4n) is 2.64. The quantitative estimate of drug-likeness (QED) is 0.778. The molecule has 0 radical (unpaired) electrons. The van der Waals surface area contributed by atoms with E-state index in [1.165, 1.54) is 5.69 Å². The molecule has 0 fully saturated rings. The molecule has 0 aromatic heterocycles. The lowest BCUT2D eigenvalue weighted by Gasteiger charge is -2.25. The van der Waals surface area contributed by atoms with E-state index in [-0.39, 0.29) is 6.10 Å². The Hall–Kier alpha value is -1.10. The van der Waals surface area contributed by atoms with Gasteiger partial charge in [0.05, 0.1) is 19.3 Å². The lowest BCUT2D eigenvalue weighted by molar-refractivity contribution is 0.0700. The Morgan fingerprint density at radius 3 is 2.95 bits per heavy atom. The predicted octanol–water partition coefficient (Wildman–Crippen LogP) is 2.37.